The fraction of sp³-hybridized carbons (Fsp3) is 0.133. The van der Waals surface area contributed by atoms with E-state index in [0.717, 1.165) is 11.5 Å². The van der Waals surface area contributed by atoms with Crippen LogP contribution < -0.4 is 0 Å². The maximum absolute atomic E-state index is 11.2. The summed E-state index contributed by atoms with van der Waals surface area (Å²) in [6.07, 6.45) is -0.934. The first-order chi connectivity index (χ1) is 10.8. The van der Waals surface area contributed by atoms with Crippen LogP contribution in [0.1, 0.15) is 11.1 Å². The molecule has 1 N–H and O–H groups in total. The lowest BCUT2D eigenvalue weighted by Crippen LogP contribution is -2.11. The fourth-order valence-corrected chi connectivity index (χ4v) is 6.45. The molecule has 0 aliphatic heterocycles. The van der Waals surface area contributed by atoms with Gasteiger partial charge in [-0.3, -0.25) is 0 Å². The van der Waals surface area contributed by atoms with Crippen LogP contribution in [0.3, 0.4) is 0 Å². The molecule has 0 unspecified atom stereocenters. The summed E-state index contributed by atoms with van der Waals surface area (Å²) < 4.78 is 1.29. The molecule has 2 rings (SSSR count). The molecule has 7 heteroatoms. The van der Waals surface area contributed by atoms with Gasteiger partial charge >= 0.3 is 6.09 Å². The van der Waals surface area contributed by atoms with E-state index in [0.29, 0.717) is 0 Å². The third kappa shape index (κ3) is 6.48. The van der Waals surface area contributed by atoms with Crippen LogP contribution in [0.2, 0.25) is 0 Å². The van der Waals surface area contributed by atoms with Crippen molar-refractivity contribution >= 4 is 49.6 Å². The minimum atomic E-state index is -0.934. The monoisotopic (exact) mass is 369 g/mol. The van der Waals surface area contributed by atoms with E-state index in [1.807, 2.05) is 60.7 Å². The molecule has 2 aromatic rings. The van der Waals surface area contributed by atoms with Crippen molar-refractivity contribution in [3.8, 4) is 0 Å². The van der Waals surface area contributed by atoms with E-state index in [9.17, 15) is 9.90 Å². The number of nitrogens with zero attached hydrogens (tertiary/aromatic N) is 1. The molecule has 0 aromatic heterocycles. The first-order valence-corrected chi connectivity index (χ1v) is 11.0. The second-order valence-electron chi connectivity index (χ2n) is 4.18. The summed E-state index contributed by atoms with van der Waals surface area (Å²) >= 11 is 0. The van der Waals surface area contributed by atoms with Crippen molar-refractivity contribution < 1.29 is 9.90 Å². The van der Waals surface area contributed by atoms with Gasteiger partial charge in [0.2, 0.25) is 0 Å². The number of benzene rings is 2. The maximum Gasteiger partial charge on any atom is 0.429 e. The normalized spacial score (nSPS) is 10.4. The lowest BCUT2D eigenvalue weighted by Gasteiger charge is -2.14. The van der Waals surface area contributed by atoms with E-state index in [1.54, 1.807) is 0 Å². The summed E-state index contributed by atoms with van der Waals surface area (Å²) in [7, 11) is 5.54. The molecule has 1 amide bonds. The van der Waals surface area contributed by atoms with E-state index in [2.05, 4.69) is 0 Å². The van der Waals surface area contributed by atoms with Crippen LogP contribution >= 0.6 is 43.5 Å². The van der Waals surface area contributed by atoms with Crippen LogP contribution in [0.4, 0.5) is 4.79 Å². The van der Waals surface area contributed by atoms with Crippen molar-refractivity contribution in [2.75, 3.05) is 0 Å². The molecular formula is C15H15NO2S4. The molecule has 0 fully saturated rings. The Balaban J connectivity index is 1.72. The molecule has 0 aliphatic rings. The fourth-order valence-electron chi connectivity index (χ4n) is 1.51. The maximum atomic E-state index is 11.2. The number of carboxylic acid groups (broad SMARTS) is 1. The molecule has 0 spiro atoms. The van der Waals surface area contributed by atoms with Crippen LogP contribution in [0.25, 0.3) is 0 Å². The first kappa shape index (κ1) is 17.5. The molecule has 116 valence electrons. The largest absolute Gasteiger partial charge is 0.464 e. The lowest BCUT2D eigenvalue weighted by molar-refractivity contribution is 0.191. The summed E-state index contributed by atoms with van der Waals surface area (Å²) in [5.74, 6) is 1.55. The summed E-state index contributed by atoms with van der Waals surface area (Å²) in [5, 5.41) is 9.23. The molecule has 0 saturated heterocycles. The Labute approximate surface area is 146 Å². The van der Waals surface area contributed by atoms with E-state index in [-0.39, 0.29) is 0 Å². The number of hydrogen-bond acceptors (Lipinski definition) is 5. The third-order valence-electron chi connectivity index (χ3n) is 2.53. The van der Waals surface area contributed by atoms with E-state index >= 15 is 0 Å². The van der Waals surface area contributed by atoms with Crippen LogP contribution in [0.5, 0.6) is 0 Å². The molecule has 2 aromatic carbocycles. The second kappa shape index (κ2) is 9.99. The van der Waals surface area contributed by atoms with Crippen molar-refractivity contribution in [2.45, 2.75) is 11.5 Å². The minimum Gasteiger partial charge on any atom is -0.464 e. The predicted octanol–water partition coefficient (Wildman–Crippen LogP) is 5.96. The number of carbonyl (C=O) groups is 1. The van der Waals surface area contributed by atoms with Crippen molar-refractivity contribution in [1.29, 1.82) is 0 Å². The Kier molecular flexibility index (Phi) is 7.93. The Bertz CT molecular complexity index is 523. The van der Waals surface area contributed by atoms with Crippen molar-refractivity contribution in [3.05, 3.63) is 71.8 Å². The third-order valence-corrected chi connectivity index (χ3v) is 7.48. The number of amides is 1. The zero-order valence-corrected chi connectivity index (χ0v) is 14.9. The molecule has 0 aliphatic carbocycles. The summed E-state index contributed by atoms with van der Waals surface area (Å²) in [6, 6.07) is 20.0. The average Bonchev–Trinajstić information content (AvgIpc) is 2.55. The second-order valence-corrected chi connectivity index (χ2v) is 8.80. The SMILES string of the molecule is O=C(O)N(SSCc1ccccc1)SSCc1ccccc1. The van der Waals surface area contributed by atoms with Crippen molar-refractivity contribution in [2.24, 2.45) is 0 Å². The zero-order chi connectivity index (χ0) is 15.6. The minimum absolute atomic E-state index is 0.777. The van der Waals surface area contributed by atoms with Gasteiger partial charge in [-0.1, -0.05) is 82.3 Å². The van der Waals surface area contributed by atoms with Gasteiger partial charge in [0.25, 0.3) is 0 Å². The van der Waals surface area contributed by atoms with Crippen LogP contribution in [0.15, 0.2) is 60.7 Å². The molecule has 3 nitrogen and oxygen atoms in total. The van der Waals surface area contributed by atoms with Crippen molar-refractivity contribution in [3.63, 3.8) is 0 Å². The highest BCUT2D eigenvalue weighted by Gasteiger charge is 2.14. The van der Waals surface area contributed by atoms with Gasteiger partial charge in [-0.25, -0.2) is 4.79 Å². The first-order valence-electron chi connectivity index (χ1n) is 6.46. The van der Waals surface area contributed by atoms with Crippen molar-refractivity contribution in [1.82, 2.24) is 3.71 Å². The van der Waals surface area contributed by atoms with Gasteiger partial charge in [0.15, 0.2) is 0 Å². The standard InChI is InChI=1S/C15H15NO2S4/c17-15(18)16(21-19-11-13-7-3-1-4-8-13)22-20-12-14-9-5-2-6-10-14/h1-10H,11-12H2,(H,17,18). The molecule has 22 heavy (non-hydrogen) atoms. The Morgan fingerprint density at radius 3 is 1.59 bits per heavy atom. The molecule has 0 radical (unpaired) electrons. The van der Waals surface area contributed by atoms with Gasteiger partial charge in [0.1, 0.15) is 0 Å². The van der Waals surface area contributed by atoms with Crippen LogP contribution in [-0.2, 0) is 11.5 Å². The van der Waals surface area contributed by atoms with Gasteiger partial charge in [-0.05, 0) is 11.1 Å². The highest BCUT2D eigenvalue weighted by molar-refractivity contribution is 8.83. The molecule has 0 heterocycles. The van der Waals surface area contributed by atoms with Gasteiger partial charge < -0.3 is 5.11 Å². The Hall–Kier alpha value is -0.890. The predicted molar refractivity (Wildman–Crippen MR) is 101 cm³/mol. The molecule has 0 saturated carbocycles. The summed E-state index contributed by atoms with van der Waals surface area (Å²) in [4.78, 5) is 11.2. The summed E-state index contributed by atoms with van der Waals surface area (Å²) in [6.45, 7) is 0. The topological polar surface area (TPSA) is 40.5 Å². The van der Waals surface area contributed by atoms with Gasteiger partial charge in [0.05, 0.1) is 0 Å². The summed E-state index contributed by atoms with van der Waals surface area (Å²) in [5.41, 5.74) is 2.37. The molecular weight excluding hydrogens is 354 g/mol. The molecule has 0 atom stereocenters. The highest BCUT2D eigenvalue weighted by atomic mass is 33.1. The number of hydrogen-bond donors (Lipinski definition) is 1. The lowest BCUT2D eigenvalue weighted by atomic mass is 10.2. The van der Waals surface area contributed by atoms with Gasteiger partial charge in [0, 0.05) is 33.5 Å². The Morgan fingerprint density at radius 2 is 1.23 bits per heavy atom. The van der Waals surface area contributed by atoms with E-state index in [1.165, 1.54) is 58.4 Å². The van der Waals surface area contributed by atoms with Gasteiger partial charge in [-0.2, -0.15) is 3.71 Å². The average molecular weight is 370 g/mol. The quantitative estimate of drug-likeness (QED) is 0.457. The van der Waals surface area contributed by atoms with Crippen LogP contribution in [0, 0.1) is 0 Å². The smallest absolute Gasteiger partial charge is 0.429 e. The molecule has 0 bridgehead atoms. The van der Waals surface area contributed by atoms with E-state index < -0.39 is 6.09 Å². The van der Waals surface area contributed by atoms with Crippen LogP contribution in [-0.4, -0.2) is 14.9 Å². The van der Waals surface area contributed by atoms with Gasteiger partial charge in [-0.15, -0.1) is 0 Å². The highest BCUT2D eigenvalue weighted by Crippen LogP contribution is 2.40. The number of rotatable bonds is 8. The zero-order valence-electron chi connectivity index (χ0n) is 11.6. The van der Waals surface area contributed by atoms with E-state index in [4.69, 9.17) is 0 Å². The Morgan fingerprint density at radius 1 is 0.818 bits per heavy atom.